The Labute approximate surface area is 125 Å². The van der Waals surface area contributed by atoms with Crippen LogP contribution in [0, 0.1) is 0 Å². The van der Waals surface area contributed by atoms with Crippen molar-refractivity contribution in [1.29, 1.82) is 0 Å². The molecule has 0 unspecified atom stereocenters. The SMILES string of the molecule is CC1(C)CN(c2cnn(CCCCCN)c(=O)c2)CCO1. The summed E-state index contributed by atoms with van der Waals surface area (Å²) in [5.41, 5.74) is 6.12. The third kappa shape index (κ3) is 4.54. The van der Waals surface area contributed by atoms with Crippen molar-refractivity contribution in [3.05, 3.63) is 22.6 Å². The van der Waals surface area contributed by atoms with Crippen LogP contribution in [0.15, 0.2) is 17.1 Å². The molecule has 2 N–H and O–H groups in total. The van der Waals surface area contributed by atoms with Crippen LogP contribution in [0.3, 0.4) is 0 Å². The van der Waals surface area contributed by atoms with Crippen LogP contribution in [0.2, 0.25) is 0 Å². The van der Waals surface area contributed by atoms with E-state index in [4.69, 9.17) is 10.5 Å². The van der Waals surface area contributed by atoms with Gasteiger partial charge < -0.3 is 15.4 Å². The van der Waals surface area contributed by atoms with Crippen molar-refractivity contribution in [1.82, 2.24) is 9.78 Å². The van der Waals surface area contributed by atoms with E-state index in [1.54, 1.807) is 12.3 Å². The highest BCUT2D eigenvalue weighted by Crippen LogP contribution is 2.21. The summed E-state index contributed by atoms with van der Waals surface area (Å²) < 4.78 is 7.22. The summed E-state index contributed by atoms with van der Waals surface area (Å²) in [6.07, 6.45) is 4.75. The van der Waals surface area contributed by atoms with Gasteiger partial charge in [-0.15, -0.1) is 0 Å². The summed E-state index contributed by atoms with van der Waals surface area (Å²) in [4.78, 5) is 14.3. The van der Waals surface area contributed by atoms with Gasteiger partial charge in [-0.2, -0.15) is 5.10 Å². The molecular weight excluding hydrogens is 268 g/mol. The Balaban J connectivity index is 2.00. The Hall–Kier alpha value is -1.40. The van der Waals surface area contributed by atoms with Gasteiger partial charge in [0.25, 0.3) is 5.56 Å². The van der Waals surface area contributed by atoms with Crippen molar-refractivity contribution >= 4 is 5.69 Å². The van der Waals surface area contributed by atoms with Crippen LogP contribution in [0.4, 0.5) is 5.69 Å². The number of hydrogen-bond acceptors (Lipinski definition) is 5. The molecule has 118 valence electrons. The predicted molar refractivity (Wildman–Crippen MR) is 83.6 cm³/mol. The molecule has 0 saturated carbocycles. The van der Waals surface area contributed by atoms with Crippen LogP contribution >= 0.6 is 0 Å². The summed E-state index contributed by atoms with van der Waals surface area (Å²) in [5.74, 6) is 0. The average molecular weight is 294 g/mol. The Morgan fingerprint density at radius 2 is 2.19 bits per heavy atom. The van der Waals surface area contributed by atoms with Gasteiger partial charge in [0.2, 0.25) is 0 Å². The van der Waals surface area contributed by atoms with Gasteiger partial charge in [-0.1, -0.05) is 6.42 Å². The zero-order chi connectivity index (χ0) is 15.3. The minimum Gasteiger partial charge on any atom is -0.372 e. The van der Waals surface area contributed by atoms with E-state index in [9.17, 15) is 4.79 Å². The Bertz CT molecular complexity index is 513. The first-order valence-corrected chi connectivity index (χ1v) is 7.68. The zero-order valence-electron chi connectivity index (χ0n) is 13.0. The number of hydrogen-bond donors (Lipinski definition) is 1. The third-order valence-corrected chi connectivity index (χ3v) is 3.72. The number of aromatic nitrogens is 2. The number of morpholine rings is 1. The fourth-order valence-electron chi connectivity index (χ4n) is 2.58. The van der Waals surface area contributed by atoms with E-state index >= 15 is 0 Å². The highest BCUT2D eigenvalue weighted by Gasteiger charge is 2.27. The van der Waals surface area contributed by atoms with Gasteiger partial charge in [0.05, 0.1) is 24.1 Å². The van der Waals surface area contributed by atoms with E-state index in [1.165, 1.54) is 4.68 Å². The van der Waals surface area contributed by atoms with Crippen molar-refractivity contribution in [3.8, 4) is 0 Å². The number of aryl methyl sites for hydroxylation is 1. The summed E-state index contributed by atoms with van der Waals surface area (Å²) >= 11 is 0. The first-order valence-electron chi connectivity index (χ1n) is 7.68. The van der Waals surface area contributed by atoms with E-state index in [2.05, 4.69) is 23.8 Å². The quantitative estimate of drug-likeness (QED) is 0.792. The molecule has 2 heterocycles. The standard InChI is InChI=1S/C15H26N4O2/c1-15(2)12-18(8-9-21-15)13-10-14(20)19(17-11-13)7-5-3-4-6-16/h10-11H,3-9,12,16H2,1-2H3. The van der Waals surface area contributed by atoms with Crippen molar-refractivity contribution < 1.29 is 4.74 Å². The van der Waals surface area contributed by atoms with Crippen molar-refractivity contribution in [2.24, 2.45) is 5.73 Å². The number of ether oxygens (including phenoxy) is 1. The molecule has 1 fully saturated rings. The highest BCUT2D eigenvalue weighted by atomic mass is 16.5. The van der Waals surface area contributed by atoms with E-state index in [1.807, 2.05) is 0 Å². The molecule has 1 aliphatic rings. The van der Waals surface area contributed by atoms with Gasteiger partial charge in [-0.25, -0.2) is 4.68 Å². The number of nitrogens with zero attached hydrogens (tertiary/aromatic N) is 3. The minimum atomic E-state index is -0.185. The van der Waals surface area contributed by atoms with Crippen molar-refractivity contribution in [2.75, 3.05) is 31.1 Å². The third-order valence-electron chi connectivity index (χ3n) is 3.72. The van der Waals surface area contributed by atoms with E-state index < -0.39 is 0 Å². The average Bonchev–Trinajstić information content (AvgIpc) is 2.44. The smallest absolute Gasteiger partial charge is 0.268 e. The fraction of sp³-hybridized carbons (Fsp3) is 0.733. The topological polar surface area (TPSA) is 73.4 Å². The summed E-state index contributed by atoms with van der Waals surface area (Å²) in [6, 6.07) is 1.68. The van der Waals surface area contributed by atoms with Crippen LogP contribution < -0.4 is 16.2 Å². The van der Waals surface area contributed by atoms with Crippen LogP contribution in [0.5, 0.6) is 0 Å². The van der Waals surface area contributed by atoms with E-state index in [-0.39, 0.29) is 11.2 Å². The molecule has 2 rings (SSSR count). The maximum atomic E-state index is 12.1. The van der Waals surface area contributed by atoms with E-state index in [0.29, 0.717) is 19.7 Å². The van der Waals surface area contributed by atoms with Crippen molar-refractivity contribution in [2.45, 2.75) is 45.3 Å². The second kappa shape index (κ2) is 7.04. The van der Waals surface area contributed by atoms with Gasteiger partial charge in [-0.05, 0) is 33.2 Å². The molecule has 1 saturated heterocycles. The van der Waals surface area contributed by atoms with Gasteiger partial charge in [0.1, 0.15) is 0 Å². The number of rotatable bonds is 6. The number of anilines is 1. The lowest BCUT2D eigenvalue weighted by Crippen LogP contribution is -2.48. The van der Waals surface area contributed by atoms with Gasteiger partial charge in [0.15, 0.2) is 0 Å². The molecule has 0 spiro atoms. The molecule has 1 aliphatic heterocycles. The maximum absolute atomic E-state index is 12.1. The molecule has 0 aliphatic carbocycles. The Kier molecular flexibility index (Phi) is 5.36. The van der Waals surface area contributed by atoms with Gasteiger partial charge in [-0.3, -0.25) is 4.79 Å². The van der Waals surface area contributed by atoms with Crippen LogP contribution in [-0.2, 0) is 11.3 Å². The first-order chi connectivity index (χ1) is 10.0. The summed E-state index contributed by atoms with van der Waals surface area (Å²) in [6.45, 7) is 7.73. The van der Waals surface area contributed by atoms with Gasteiger partial charge >= 0.3 is 0 Å². The van der Waals surface area contributed by atoms with Crippen LogP contribution in [0.25, 0.3) is 0 Å². The first kappa shape index (κ1) is 16.0. The van der Waals surface area contributed by atoms with E-state index in [0.717, 1.165) is 38.0 Å². The molecular formula is C15H26N4O2. The minimum absolute atomic E-state index is 0.0375. The van der Waals surface area contributed by atoms with Crippen molar-refractivity contribution in [3.63, 3.8) is 0 Å². The molecule has 0 amide bonds. The summed E-state index contributed by atoms with van der Waals surface area (Å²) in [5, 5.41) is 4.29. The molecule has 0 bridgehead atoms. The maximum Gasteiger partial charge on any atom is 0.268 e. The lowest BCUT2D eigenvalue weighted by molar-refractivity contribution is -0.0277. The molecule has 0 radical (unpaired) electrons. The summed E-state index contributed by atoms with van der Waals surface area (Å²) in [7, 11) is 0. The molecule has 6 heteroatoms. The largest absolute Gasteiger partial charge is 0.372 e. The molecule has 6 nitrogen and oxygen atoms in total. The normalized spacial score (nSPS) is 18.0. The molecule has 0 aromatic carbocycles. The lowest BCUT2D eigenvalue weighted by atomic mass is 10.1. The zero-order valence-corrected chi connectivity index (χ0v) is 13.0. The van der Waals surface area contributed by atoms with Gasteiger partial charge in [0, 0.05) is 25.7 Å². The molecule has 21 heavy (non-hydrogen) atoms. The fourth-order valence-corrected chi connectivity index (χ4v) is 2.58. The number of unbranched alkanes of at least 4 members (excludes halogenated alkanes) is 2. The molecule has 1 aromatic heterocycles. The van der Waals surface area contributed by atoms with Crippen LogP contribution in [-0.4, -0.2) is 41.6 Å². The Morgan fingerprint density at radius 1 is 1.38 bits per heavy atom. The highest BCUT2D eigenvalue weighted by molar-refractivity contribution is 5.43. The monoisotopic (exact) mass is 294 g/mol. The molecule has 0 atom stereocenters. The lowest BCUT2D eigenvalue weighted by Gasteiger charge is -2.39. The Morgan fingerprint density at radius 3 is 2.86 bits per heavy atom. The predicted octanol–water partition coefficient (Wildman–Crippen LogP) is 0.988. The molecule has 1 aromatic rings. The second-order valence-corrected chi connectivity index (χ2v) is 6.15. The van der Waals surface area contributed by atoms with Crippen LogP contribution in [0.1, 0.15) is 33.1 Å². The number of nitrogens with two attached hydrogens (primary N) is 1. The second-order valence-electron chi connectivity index (χ2n) is 6.15.